The highest BCUT2D eigenvalue weighted by Gasteiger charge is 2.23. The Morgan fingerprint density at radius 2 is 1.78 bits per heavy atom. The molecule has 18 heavy (non-hydrogen) atoms. The summed E-state index contributed by atoms with van der Waals surface area (Å²) < 4.78 is 0. The first-order valence-electron chi connectivity index (χ1n) is 5.65. The number of amides is 1. The van der Waals surface area contributed by atoms with E-state index >= 15 is 0 Å². The minimum Gasteiger partial charge on any atom is -0.478 e. The first-order valence-corrected chi connectivity index (χ1v) is 5.65. The van der Waals surface area contributed by atoms with Crippen molar-refractivity contribution in [2.24, 2.45) is 5.73 Å². The summed E-state index contributed by atoms with van der Waals surface area (Å²) in [6.07, 6.45) is 0. The van der Waals surface area contributed by atoms with Crippen LogP contribution in [0.25, 0.3) is 0 Å². The van der Waals surface area contributed by atoms with E-state index in [1.165, 1.54) is 12.1 Å². The number of rotatable bonds is 4. The maximum atomic E-state index is 11.7. The molecule has 0 saturated heterocycles. The van der Waals surface area contributed by atoms with Gasteiger partial charge in [0, 0.05) is 0 Å². The number of hydrogen-bond donors (Lipinski definition) is 3. The fraction of sp³-hybridized carbons (Fsp3) is 0.385. The Balaban J connectivity index is 2.76. The first kappa shape index (κ1) is 14.2. The largest absolute Gasteiger partial charge is 0.478 e. The quantitative estimate of drug-likeness (QED) is 0.751. The molecule has 98 valence electrons. The van der Waals surface area contributed by atoms with E-state index < -0.39 is 11.5 Å². The molecule has 4 N–H and O–H groups in total. The molecule has 5 heteroatoms. The van der Waals surface area contributed by atoms with Crippen LogP contribution in [0.15, 0.2) is 24.3 Å². The van der Waals surface area contributed by atoms with Gasteiger partial charge in [0.1, 0.15) is 0 Å². The zero-order valence-electron chi connectivity index (χ0n) is 10.7. The summed E-state index contributed by atoms with van der Waals surface area (Å²) in [6, 6.07) is 6.15. The van der Waals surface area contributed by atoms with E-state index in [4.69, 9.17) is 10.8 Å². The molecule has 1 aromatic rings. The van der Waals surface area contributed by atoms with Gasteiger partial charge in [-0.3, -0.25) is 4.79 Å². The third-order valence-electron chi connectivity index (χ3n) is 2.59. The Kier molecular flexibility index (Phi) is 4.08. The molecular formula is C13H18N2O3. The summed E-state index contributed by atoms with van der Waals surface area (Å²) in [6.45, 7) is 5.07. The number of carboxylic acid groups (broad SMARTS) is 1. The lowest BCUT2D eigenvalue weighted by Crippen LogP contribution is -2.49. The highest BCUT2D eigenvalue weighted by atomic mass is 16.4. The summed E-state index contributed by atoms with van der Waals surface area (Å²) in [5.41, 5.74) is 5.79. The number of aromatic carboxylic acids is 1. The lowest BCUT2D eigenvalue weighted by molar-refractivity contribution is -0.125. The van der Waals surface area contributed by atoms with Crippen molar-refractivity contribution < 1.29 is 14.7 Å². The second-order valence-electron chi connectivity index (χ2n) is 4.84. The van der Waals surface area contributed by atoms with Crippen molar-refractivity contribution in [2.75, 3.05) is 0 Å². The van der Waals surface area contributed by atoms with E-state index in [0.717, 1.165) is 5.56 Å². The van der Waals surface area contributed by atoms with Gasteiger partial charge in [-0.25, -0.2) is 4.79 Å². The fourth-order valence-corrected chi connectivity index (χ4v) is 1.38. The lowest BCUT2D eigenvalue weighted by atomic mass is 10.0. The molecule has 0 unspecified atom stereocenters. The number of carboxylic acids is 1. The molecule has 0 aliphatic carbocycles. The van der Waals surface area contributed by atoms with Crippen molar-refractivity contribution in [1.82, 2.24) is 5.32 Å². The van der Waals surface area contributed by atoms with Crippen LogP contribution in [0.5, 0.6) is 0 Å². The van der Waals surface area contributed by atoms with Crippen molar-refractivity contribution in [1.29, 1.82) is 0 Å². The average Bonchev–Trinajstić information content (AvgIpc) is 2.27. The molecule has 0 saturated carbocycles. The molecule has 1 aromatic carbocycles. The predicted octanol–water partition coefficient (Wildman–Crippen LogP) is 1.30. The Labute approximate surface area is 106 Å². The summed E-state index contributed by atoms with van der Waals surface area (Å²) in [5.74, 6) is -1.22. The Bertz CT molecular complexity index is 446. The van der Waals surface area contributed by atoms with Gasteiger partial charge in [0.15, 0.2) is 0 Å². The Morgan fingerprint density at radius 3 is 2.17 bits per heavy atom. The number of nitrogens with two attached hydrogens (primary N) is 1. The second-order valence-corrected chi connectivity index (χ2v) is 4.84. The molecule has 0 spiro atoms. The van der Waals surface area contributed by atoms with Gasteiger partial charge < -0.3 is 16.2 Å². The molecule has 0 radical (unpaired) electrons. The van der Waals surface area contributed by atoms with Crippen LogP contribution >= 0.6 is 0 Å². The van der Waals surface area contributed by atoms with Crippen LogP contribution in [0.1, 0.15) is 42.7 Å². The number of nitrogens with one attached hydrogen (secondary N) is 1. The van der Waals surface area contributed by atoms with E-state index in [2.05, 4.69) is 5.32 Å². The monoisotopic (exact) mass is 250 g/mol. The molecular weight excluding hydrogens is 232 g/mol. The van der Waals surface area contributed by atoms with Crippen LogP contribution in [-0.2, 0) is 4.79 Å². The Hall–Kier alpha value is -1.88. The minimum absolute atomic E-state index is 0.219. The molecule has 1 atom stereocenters. The van der Waals surface area contributed by atoms with Crippen molar-refractivity contribution in [3.05, 3.63) is 35.4 Å². The van der Waals surface area contributed by atoms with Crippen LogP contribution in [0.3, 0.4) is 0 Å². The zero-order chi connectivity index (χ0) is 13.9. The summed E-state index contributed by atoms with van der Waals surface area (Å²) in [7, 11) is 0. The van der Waals surface area contributed by atoms with Gasteiger partial charge in [-0.1, -0.05) is 12.1 Å². The second kappa shape index (κ2) is 5.18. The molecule has 1 amide bonds. The number of benzene rings is 1. The lowest BCUT2D eigenvalue weighted by Gasteiger charge is -2.22. The third kappa shape index (κ3) is 3.56. The molecule has 5 nitrogen and oxygen atoms in total. The van der Waals surface area contributed by atoms with E-state index in [1.54, 1.807) is 26.0 Å². The SMILES string of the molecule is C[C@@H](NC(=O)C(C)(C)N)c1ccc(C(=O)O)cc1. The predicted molar refractivity (Wildman–Crippen MR) is 68.2 cm³/mol. The number of carbonyl (C=O) groups is 2. The smallest absolute Gasteiger partial charge is 0.335 e. The van der Waals surface area contributed by atoms with Gasteiger partial charge in [-0.05, 0) is 38.5 Å². The molecule has 0 aromatic heterocycles. The fourth-order valence-electron chi connectivity index (χ4n) is 1.38. The van der Waals surface area contributed by atoms with Crippen molar-refractivity contribution >= 4 is 11.9 Å². The molecule has 0 heterocycles. The molecule has 0 bridgehead atoms. The van der Waals surface area contributed by atoms with Crippen LogP contribution in [-0.4, -0.2) is 22.5 Å². The first-order chi connectivity index (χ1) is 8.21. The van der Waals surface area contributed by atoms with Crippen LogP contribution < -0.4 is 11.1 Å². The average molecular weight is 250 g/mol. The van der Waals surface area contributed by atoms with E-state index in [-0.39, 0.29) is 17.5 Å². The summed E-state index contributed by atoms with van der Waals surface area (Å²) in [4.78, 5) is 22.4. The van der Waals surface area contributed by atoms with Gasteiger partial charge in [0.2, 0.25) is 5.91 Å². The number of hydrogen-bond acceptors (Lipinski definition) is 3. The van der Waals surface area contributed by atoms with Gasteiger partial charge in [-0.2, -0.15) is 0 Å². The van der Waals surface area contributed by atoms with Crippen LogP contribution in [0, 0.1) is 0 Å². The molecule has 0 fully saturated rings. The van der Waals surface area contributed by atoms with Crippen molar-refractivity contribution in [2.45, 2.75) is 32.4 Å². The van der Waals surface area contributed by atoms with E-state index in [1.807, 2.05) is 6.92 Å². The van der Waals surface area contributed by atoms with Gasteiger partial charge >= 0.3 is 5.97 Å². The van der Waals surface area contributed by atoms with Gasteiger partial charge in [-0.15, -0.1) is 0 Å². The van der Waals surface area contributed by atoms with Gasteiger partial charge in [0.25, 0.3) is 0 Å². The normalized spacial score (nSPS) is 12.9. The summed E-state index contributed by atoms with van der Waals surface area (Å²) in [5, 5.41) is 11.6. The third-order valence-corrected chi connectivity index (χ3v) is 2.59. The standard InChI is InChI=1S/C13H18N2O3/c1-8(15-12(18)13(2,3)14)9-4-6-10(7-5-9)11(16)17/h4-8H,14H2,1-3H3,(H,15,18)(H,16,17)/t8-/m1/s1. The highest BCUT2D eigenvalue weighted by molar-refractivity contribution is 5.87. The molecule has 0 aliphatic heterocycles. The van der Waals surface area contributed by atoms with Crippen molar-refractivity contribution in [3.63, 3.8) is 0 Å². The van der Waals surface area contributed by atoms with Crippen LogP contribution in [0.4, 0.5) is 0 Å². The molecule has 1 rings (SSSR count). The van der Waals surface area contributed by atoms with E-state index in [9.17, 15) is 9.59 Å². The minimum atomic E-state index is -0.971. The van der Waals surface area contributed by atoms with Crippen LogP contribution in [0.2, 0.25) is 0 Å². The number of carbonyl (C=O) groups excluding carboxylic acids is 1. The van der Waals surface area contributed by atoms with E-state index in [0.29, 0.717) is 0 Å². The molecule has 0 aliphatic rings. The maximum absolute atomic E-state index is 11.7. The topological polar surface area (TPSA) is 92.4 Å². The summed E-state index contributed by atoms with van der Waals surface area (Å²) >= 11 is 0. The highest BCUT2D eigenvalue weighted by Crippen LogP contribution is 2.14. The maximum Gasteiger partial charge on any atom is 0.335 e. The van der Waals surface area contributed by atoms with Crippen molar-refractivity contribution in [3.8, 4) is 0 Å². The van der Waals surface area contributed by atoms with Gasteiger partial charge in [0.05, 0.1) is 17.1 Å². The Morgan fingerprint density at radius 1 is 1.28 bits per heavy atom. The zero-order valence-corrected chi connectivity index (χ0v) is 10.7.